The van der Waals surface area contributed by atoms with Gasteiger partial charge < -0.3 is 10.1 Å². The number of nitrogens with zero attached hydrogens (tertiary/aromatic N) is 1. The van der Waals surface area contributed by atoms with Crippen molar-refractivity contribution in [2.75, 3.05) is 5.32 Å². The van der Waals surface area contributed by atoms with Crippen molar-refractivity contribution in [3.8, 4) is 11.8 Å². The highest BCUT2D eigenvalue weighted by Crippen LogP contribution is 2.37. The van der Waals surface area contributed by atoms with E-state index in [1.807, 2.05) is 31.2 Å². The standard InChI is InChI=1S/C14H12N2O/c1-9-13(8-15)17-12-7-6-10-4-2-3-5-11(10)14(12)16-9/h2-7,9,13,16H,1H3. The molecule has 0 aliphatic carbocycles. The van der Waals surface area contributed by atoms with Crippen molar-refractivity contribution in [2.24, 2.45) is 0 Å². The summed E-state index contributed by atoms with van der Waals surface area (Å²) in [5.74, 6) is 0.758. The fourth-order valence-corrected chi connectivity index (χ4v) is 2.18. The normalized spacial score (nSPS) is 22.1. The Balaban J connectivity index is 2.19. The summed E-state index contributed by atoms with van der Waals surface area (Å²) in [5, 5.41) is 14.6. The lowest BCUT2D eigenvalue weighted by molar-refractivity contribution is 0.228. The first-order valence-electron chi connectivity index (χ1n) is 5.64. The van der Waals surface area contributed by atoms with Crippen molar-refractivity contribution < 1.29 is 4.74 Å². The molecule has 2 unspecified atom stereocenters. The molecule has 0 saturated carbocycles. The molecule has 3 nitrogen and oxygen atoms in total. The van der Waals surface area contributed by atoms with Crippen LogP contribution in [0.4, 0.5) is 5.69 Å². The molecule has 0 saturated heterocycles. The van der Waals surface area contributed by atoms with Gasteiger partial charge in [-0.1, -0.05) is 30.3 Å². The second-order valence-corrected chi connectivity index (χ2v) is 4.26. The first kappa shape index (κ1) is 9.98. The van der Waals surface area contributed by atoms with Crippen molar-refractivity contribution in [1.29, 1.82) is 5.26 Å². The third kappa shape index (κ3) is 1.50. The topological polar surface area (TPSA) is 45.0 Å². The Kier molecular flexibility index (Phi) is 2.15. The van der Waals surface area contributed by atoms with Gasteiger partial charge in [0.05, 0.1) is 11.7 Å². The number of nitrogens with one attached hydrogen (secondary N) is 1. The van der Waals surface area contributed by atoms with Crippen LogP contribution in [0.2, 0.25) is 0 Å². The fraction of sp³-hybridized carbons (Fsp3) is 0.214. The van der Waals surface area contributed by atoms with Crippen molar-refractivity contribution in [3.05, 3.63) is 36.4 Å². The molecule has 2 aromatic carbocycles. The number of fused-ring (bicyclic) bond motifs is 3. The van der Waals surface area contributed by atoms with E-state index in [0.717, 1.165) is 16.8 Å². The summed E-state index contributed by atoms with van der Waals surface area (Å²) in [4.78, 5) is 0. The van der Waals surface area contributed by atoms with Gasteiger partial charge in [0.25, 0.3) is 0 Å². The molecule has 1 aliphatic rings. The van der Waals surface area contributed by atoms with Gasteiger partial charge in [-0.3, -0.25) is 0 Å². The first-order valence-corrected chi connectivity index (χ1v) is 5.64. The number of ether oxygens (including phenoxy) is 1. The Hall–Kier alpha value is -2.21. The minimum Gasteiger partial charge on any atom is -0.471 e. The third-order valence-electron chi connectivity index (χ3n) is 3.10. The van der Waals surface area contributed by atoms with E-state index in [9.17, 15) is 0 Å². The molecule has 0 bridgehead atoms. The Morgan fingerprint density at radius 1 is 1.24 bits per heavy atom. The smallest absolute Gasteiger partial charge is 0.204 e. The Morgan fingerprint density at radius 3 is 2.88 bits per heavy atom. The van der Waals surface area contributed by atoms with Crippen molar-refractivity contribution >= 4 is 16.5 Å². The predicted molar refractivity (Wildman–Crippen MR) is 67.1 cm³/mol. The predicted octanol–water partition coefficient (Wildman–Crippen LogP) is 2.92. The molecular weight excluding hydrogens is 212 g/mol. The second kappa shape index (κ2) is 3.67. The molecule has 3 rings (SSSR count). The number of anilines is 1. The van der Waals surface area contributed by atoms with Crippen LogP contribution in [0.1, 0.15) is 6.92 Å². The second-order valence-electron chi connectivity index (χ2n) is 4.26. The summed E-state index contributed by atoms with van der Waals surface area (Å²) in [6, 6.07) is 14.2. The first-order chi connectivity index (χ1) is 8.29. The third-order valence-corrected chi connectivity index (χ3v) is 3.10. The minimum absolute atomic E-state index is 0.00157. The maximum absolute atomic E-state index is 8.99. The summed E-state index contributed by atoms with van der Waals surface area (Å²) in [5.41, 5.74) is 0.988. The van der Waals surface area contributed by atoms with Crippen molar-refractivity contribution in [1.82, 2.24) is 0 Å². The Labute approximate surface area is 99.6 Å². The van der Waals surface area contributed by atoms with Gasteiger partial charge in [0.2, 0.25) is 6.10 Å². The lowest BCUT2D eigenvalue weighted by atomic mass is 10.0. The number of nitriles is 1. The minimum atomic E-state index is -0.427. The van der Waals surface area contributed by atoms with E-state index < -0.39 is 6.10 Å². The van der Waals surface area contributed by atoms with Gasteiger partial charge in [0.1, 0.15) is 11.8 Å². The molecule has 0 spiro atoms. The molecular formula is C14H12N2O. The van der Waals surface area contributed by atoms with Crippen LogP contribution in [0.3, 0.4) is 0 Å². The zero-order valence-electron chi connectivity index (χ0n) is 9.47. The van der Waals surface area contributed by atoms with Crippen LogP contribution < -0.4 is 10.1 Å². The fourth-order valence-electron chi connectivity index (χ4n) is 2.18. The molecule has 0 radical (unpaired) electrons. The summed E-state index contributed by atoms with van der Waals surface area (Å²) in [6.45, 7) is 1.96. The SMILES string of the molecule is CC1Nc2c(ccc3ccccc23)OC1C#N. The van der Waals surface area contributed by atoms with Gasteiger partial charge in [-0.15, -0.1) is 0 Å². The molecule has 0 aromatic heterocycles. The highest BCUT2D eigenvalue weighted by atomic mass is 16.5. The maximum Gasteiger partial charge on any atom is 0.204 e. The van der Waals surface area contributed by atoms with Gasteiger partial charge in [0.15, 0.2) is 0 Å². The van der Waals surface area contributed by atoms with Gasteiger partial charge in [0, 0.05) is 5.39 Å². The zero-order valence-corrected chi connectivity index (χ0v) is 9.47. The van der Waals surface area contributed by atoms with E-state index in [1.165, 1.54) is 5.39 Å². The summed E-state index contributed by atoms with van der Waals surface area (Å²) in [6.07, 6.45) is -0.427. The molecule has 3 heteroatoms. The van der Waals surface area contributed by atoms with E-state index in [1.54, 1.807) is 0 Å². The van der Waals surface area contributed by atoms with E-state index >= 15 is 0 Å². The summed E-state index contributed by atoms with van der Waals surface area (Å²) >= 11 is 0. The largest absolute Gasteiger partial charge is 0.471 e. The molecule has 2 atom stereocenters. The quantitative estimate of drug-likeness (QED) is 0.748. The number of rotatable bonds is 0. The molecule has 2 aromatic rings. The monoisotopic (exact) mass is 224 g/mol. The lowest BCUT2D eigenvalue weighted by Gasteiger charge is -2.29. The van der Waals surface area contributed by atoms with E-state index in [4.69, 9.17) is 10.00 Å². The van der Waals surface area contributed by atoms with Crippen molar-refractivity contribution in [3.63, 3.8) is 0 Å². The maximum atomic E-state index is 8.99. The lowest BCUT2D eigenvalue weighted by Crippen LogP contribution is -2.38. The Bertz CT molecular complexity index is 615. The highest BCUT2D eigenvalue weighted by Gasteiger charge is 2.26. The van der Waals surface area contributed by atoms with Crippen LogP contribution in [0, 0.1) is 11.3 Å². The van der Waals surface area contributed by atoms with Crippen LogP contribution >= 0.6 is 0 Å². The molecule has 0 fully saturated rings. The molecule has 84 valence electrons. The molecule has 1 heterocycles. The Morgan fingerprint density at radius 2 is 2.06 bits per heavy atom. The molecule has 17 heavy (non-hydrogen) atoms. The zero-order chi connectivity index (χ0) is 11.8. The number of hydrogen-bond donors (Lipinski definition) is 1. The number of benzene rings is 2. The highest BCUT2D eigenvalue weighted by molar-refractivity contribution is 5.97. The van der Waals surface area contributed by atoms with Crippen LogP contribution in [0.5, 0.6) is 5.75 Å². The van der Waals surface area contributed by atoms with Gasteiger partial charge >= 0.3 is 0 Å². The van der Waals surface area contributed by atoms with Crippen molar-refractivity contribution in [2.45, 2.75) is 19.1 Å². The van der Waals surface area contributed by atoms with Crippen LogP contribution in [-0.4, -0.2) is 12.1 Å². The molecule has 1 aliphatic heterocycles. The van der Waals surface area contributed by atoms with E-state index in [2.05, 4.69) is 23.5 Å². The number of hydrogen-bond acceptors (Lipinski definition) is 3. The van der Waals surface area contributed by atoms with Gasteiger partial charge in [-0.25, -0.2) is 0 Å². The van der Waals surface area contributed by atoms with Gasteiger partial charge in [-0.2, -0.15) is 5.26 Å². The summed E-state index contributed by atoms with van der Waals surface area (Å²) < 4.78 is 5.68. The van der Waals surface area contributed by atoms with E-state index in [-0.39, 0.29) is 6.04 Å². The van der Waals surface area contributed by atoms with E-state index in [0.29, 0.717) is 0 Å². The van der Waals surface area contributed by atoms with Gasteiger partial charge in [-0.05, 0) is 18.4 Å². The van der Waals surface area contributed by atoms with Crippen LogP contribution in [-0.2, 0) is 0 Å². The van der Waals surface area contributed by atoms with Crippen LogP contribution in [0.15, 0.2) is 36.4 Å². The molecule has 1 N–H and O–H groups in total. The summed E-state index contributed by atoms with van der Waals surface area (Å²) in [7, 11) is 0. The van der Waals surface area contributed by atoms with Crippen LogP contribution in [0.25, 0.3) is 10.8 Å². The average Bonchev–Trinajstić information content (AvgIpc) is 2.38. The average molecular weight is 224 g/mol. The molecule has 0 amide bonds.